The maximum Gasteiger partial charge on any atom is 0.212 e. The van der Waals surface area contributed by atoms with Crippen LogP contribution in [0.3, 0.4) is 0 Å². The van der Waals surface area contributed by atoms with Gasteiger partial charge in [-0.15, -0.1) is 0 Å². The molecule has 0 radical (unpaired) electrons. The first-order valence-electron chi connectivity index (χ1n) is 16.6. The van der Waals surface area contributed by atoms with Gasteiger partial charge in [-0.2, -0.15) is 0 Å². The van der Waals surface area contributed by atoms with Gasteiger partial charge in [0.25, 0.3) is 0 Å². The number of hydrogen-bond donors (Lipinski definition) is 3. The number of aromatic nitrogens is 4. The minimum Gasteiger partial charge on any atom is -0.497 e. The van der Waals surface area contributed by atoms with Crippen molar-refractivity contribution < 1.29 is 28.8 Å². The molecule has 1 aliphatic rings. The van der Waals surface area contributed by atoms with Gasteiger partial charge in [0, 0.05) is 13.0 Å². The third kappa shape index (κ3) is 6.72. The van der Waals surface area contributed by atoms with E-state index in [9.17, 15) is 9.90 Å². The van der Waals surface area contributed by atoms with Crippen LogP contribution in [0.25, 0.3) is 11.2 Å². The van der Waals surface area contributed by atoms with Crippen LogP contribution in [-0.2, 0) is 26.4 Å². The minimum atomic E-state index is -1.09. The summed E-state index contributed by atoms with van der Waals surface area (Å²) in [4.78, 5) is 24.9. The second-order valence-electron chi connectivity index (χ2n) is 12.0. The topological polar surface area (TPSA) is 142 Å². The number of methoxy groups -OCH3 is 2. The highest BCUT2D eigenvalue weighted by Gasteiger charge is 2.43. The van der Waals surface area contributed by atoms with Gasteiger partial charge < -0.3 is 34.7 Å². The molecule has 1 saturated heterocycles. The van der Waals surface area contributed by atoms with Gasteiger partial charge in [0.2, 0.25) is 12.4 Å². The van der Waals surface area contributed by atoms with Crippen molar-refractivity contribution in [3.8, 4) is 11.5 Å². The van der Waals surface area contributed by atoms with Crippen molar-refractivity contribution in [2.45, 2.75) is 37.0 Å². The number of aliphatic hydroxyl groups excluding tert-OH is 1. The number of imidazole rings is 1. The molecular formula is C39H38N6O6. The molecule has 1 aliphatic heterocycles. The number of nitrogens with one attached hydrogen (secondary N) is 2. The van der Waals surface area contributed by atoms with Crippen molar-refractivity contribution in [2.75, 3.05) is 31.5 Å². The standard InChI is InChI=1S/C39H38N6O6/c1-48-30-17-13-28(14-18-30)39(27-11-7-4-8-12-27,29-15-19-31(49-2)20-16-29)50-23-33-32(47)21-34(51-33)45-37-35(36(43-25-46)41-24-42-37)44-38(45)40-22-26-9-5-3-6-10-26/h3-20,24-25,32-34,47H,21-23H2,1-2H3,(H,40,44)(H,41,42,43,46)/t32-,33+,34+/m0/s1. The lowest BCUT2D eigenvalue weighted by atomic mass is 9.80. The molecule has 0 saturated carbocycles. The summed E-state index contributed by atoms with van der Waals surface area (Å²) in [6.45, 7) is 0.510. The van der Waals surface area contributed by atoms with Crippen molar-refractivity contribution >= 4 is 29.3 Å². The van der Waals surface area contributed by atoms with Gasteiger partial charge in [-0.3, -0.25) is 9.36 Å². The first-order chi connectivity index (χ1) is 25.0. The van der Waals surface area contributed by atoms with E-state index in [1.807, 2.05) is 109 Å². The molecule has 1 fully saturated rings. The second-order valence-corrected chi connectivity index (χ2v) is 12.0. The molecule has 0 unspecified atom stereocenters. The van der Waals surface area contributed by atoms with Crippen LogP contribution in [-0.4, -0.2) is 64.1 Å². The number of benzene rings is 4. The molecule has 7 rings (SSSR count). The summed E-state index contributed by atoms with van der Waals surface area (Å²) < 4.78 is 26.4. The predicted octanol–water partition coefficient (Wildman–Crippen LogP) is 5.68. The molecular weight excluding hydrogens is 648 g/mol. The molecule has 3 N–H and O–H groups in total. The molecule has 12 heteroatoms. The Hall–Kier alpha value is -5.82. The number of ether oxygens (including phenoxy) is 4. The molecule has 2 aromatic heterocycles. The molecule has 6 aromatic rings. The van der Waals surface area contributed by atoms with E-state index in [1.165, 1.54) is 6.33 Å². The van der Waals surface area contributed by atoms with Gasteiger partial charge in [0.1, 0.15) is 35.8 Å². The number of amides is 1. The minimum absolute atomic E-state index is 0.0386. The number of anilines is 2. The number of carbonyl (C=O) groups excluding carboxylic acids is 1. The lowest BCUT2D eigenvalue weighted by molar-refractivity contribution is -0.105. The van der Waals surface area contributed by atoms with Crippen LogP contribution < -0.4 is 20.1 Å². The molecule has 51 heavy (non-hydrogen) atoms. The van der Waals surface area contributed by atoms with Crippen molar-refractivity contribution in [3.05, 3.63) is 138 Å². The van der Waals surface area contributed by atoms with Crippen molar-refractivity contribution in [1.82, 2.24) is 19.5 Å². The van der Waals surface area contributed by atoms with Crippen LogP contribution in [0, 0.1) is 0 Å². The summed E-state index contributed by atoms with van der Waals surface area (Å²) in [5, 5.41) is 17.5. The van der Waals surface area contributed by atoms with Gasteiger partial charge >= 0.3 is 0 Å². The fourth-order valence-corrected chi connectivity index (χ4v) is 6.55. The quantitative estimate of drug-likeness (QED) is 0.0968. The average Bonchev–Trinajstić information content (AvgIpc) is 3.75. The summed E-state index contributed by atoms with van der Waals surface area (Å²) in [5.41, 5.74) is 3.41. The summed E-state index contributed by atoms with van der Waals surface area (Å²) in [6, 6.07) is 35.4. The fourth-order valence-electron chi connectivity index (χ4n) is 6.55. The molecule has 12 nitrogen and oxygen atoms in total. The molecule has 0 spiro atoms. The predicted molar refractivity (Wildman–Crippen MR) is 192 cm³/mol. The summed E-state index contributed by atoms with van der Waals surface area (Å²) in [7, 11) is 3.26. The molecule has 3 heterocycles. The zero-order valence-electron chi connectivity index (χ0n) is 28.2. The Balaban J connectivity index is 1.24. The number of aliphatic hydroxyl groups is 1. The van der Waals surface area contributed by atoms with Crippen LogP contribution >= 0.6 is 0 Å². The zero-order valence-corrected chi connectivity index (χ0v) is 28.2. The molecule has 3 atom stereocenters. The Bertz CT molecular complexity index is 2010. The summed E-state index contributed by atoms with van der Waals surface area (Å²) in [6.07, 6.45) is -0.122. The maximum atomic E-state index is 11.5. The van der Waals surface area contributed by atoms with Crippen molar-refractivity contribution in [3.63, 3.8) is 0 Å². The number of carbonyl (C=O) groups is 1. The first-order valence-corrected chi connectivity index (χ1v) is 16.6. The van der Waals surface area contributed by atoms with E-state index in [-0.39, 0.29) is 18.8 Å². The van der Waals surface area contributed by atoms with Gasteiger partial charge in [-0.05, 0) is 46.5 Å². The Labute approximate surface area is 295 Å². The van der Waals surface area contributed by atoms with Crippen LogP contribution in [0.15, 0.2) is 116 Å². The highest BCUT2D eigenvalue weighted by Crippen LogP contribution is 2.43. The smallest absolute Gasteiger partial charge is 0.212 e. The van der Waals surface area contributed by atoms with Crippen molar-refractivity contribution in [2.24, 2.45) is 0 Å². The highest BCUT2D eigenvalue weighted by molar-refractivity contribution is 5.90. The van der Waals surface area contributed by atoms with Gasteiger partial charge in [0.15, 0.2) is 17.0 Å². The summed E-state index contributed by atoms with van der Waals surface area (Å²) >= 11 is 0. The van der Waals surface area contributed by atoms with Crippen LogP contribution in [0.5, 0.6) is 11.5 Å². The van der Waals surface area contributed by atoms with Crippen LogP contribution in [0.1, 0.15) is 34.9 Å². The van der Waals surface area contributed by atoms with E-state index in [1.54, 1.807) is 18.8 Å². The molecule has 0 aliphatic carbocycles. The maximum absolute atomic E-state index is 11.5. The Morgan fingerprint density at radius 1 is 0.863 bits per heavy atom. The van der Waals surface area contributed by atoms with E-state index in [0.29, 0.717) is 41.6 Å². The Morgan fingerprint density at radius 2 is 1.47 bits per heavy atom. The lowest BCUT2D eigenvalue weighted by Crippen LogP contribution is -2.38. The normalized spacial score (nSPS) is 17.3. The van der Waals surface area contributed by atoms with Gasteiger partial charge in [-0.25, -0.2) is 15.0 Å². The molecule has 260 valence electrons. The van der Waals surface area contributed by atoms with Crippen LogP contribution in [0.2, 0.25) is 0 Å². The largest absolute Gasteiger partial charge is 0.497 e. The van der Waals surface area contributed by atoms with Gasteiger partial charge in [-0.1, -0.05) is 84.9 Å². The number of fused-ring (bicyclic) bond motifs is 1. The number of hydrogen-bond acceptors (Lipinski definition) is 10. The highest BCUT2D eigenvalue weighted by atomic mass is 16.6. The SMILES string of the molecule is COc1ccc(C(OC[C@H]2O[C@@H](n3c(NCc4ccccc4)nc4c(NC=O)ncnc43)C[C@@H]2O)(c2ccccc2)c2ccc(OC)cc2)cc1. The van der Waals surface area contributed by atoms with E-state index in [4.69, 9.17) is 23.9 Å². The number of nitrogens with zero attached hydrogens (tertiary/aromatic N) is 4. The monoisotopic (exact) mass is 686 g/mol. The molecule has 0 bridgehead atoms. The van der Waals surface area contributed by atoms with E-state index in [2.05, 4.69) is 20.6 Å². The third-order valence-electron chi connectivity index (χ3n) is 9.10. The van der Waals surface area contributed by atoms with Crippen LogP contribution in [0.4, 0.5) is 11.8 Å². The van der Waals surface area contributed by atoms with E-state index >= 15 is 0 Å². The molecule has 1 amide bonds. The second kappa shape index (κ2) is 15.0. The summed E-state index contributed by atoms with van der Waals surface area (Å²) in [5.74, 6) is 2.15. The van der Waals surface area contributed by atoms with E-state index < -0.39 is 24.0 Å². The number of rotatable bonds is 14. The molecule has 4 aromatic carbocycles. The third-order valence-corrected chi connectivity index (χ3v) is 9.10. The lowest BCUT2D eigenvalue weighted by Gasteiger charge is -2.37. The van der Waals surface area contributed by atoms with E-state index in [0.717, 1.165) is 22.3 Å². The zero-order chi connectivity index (χ0) is 35.2. The first kappa shape index (κ1) is 33.7. The Kier molecular flexibility index (Phi) is 9.88. The van der Waals surface area contributed by atoms with Crippen molar-refractivity contribution in [1.29, 1.82) is 0 Å². The van der Waals surface area contributed by atoms with Gasteiger partial charge in [0.05, 0.1) is 26.9 Å². The average molecular weight is 687 g/mol. The fraction of sp³-hybridized carbons (Fsp3) is 0.231. The Morgan fingerprint density at radius 3 is 2.08 bits per heavy atom.